The normalized spacial score (nSPS) is 11.1. The minimum atomic E-state index is -3.80. The Kier molecular flexibility index (Phi) is 5.23. The van der Waals surface area contributed by atoms with Crippen LogP contribution in [-0.4, -0.2) is 38.5 Å². The molecule has 0 atom stereocenters. The van der Waals surface area contributed by atoms with Crippen molar-refractivity contribution in [2.75, 3.05) is 13.1 Å². The molecule has 0 aliphatic carbocycles. The molecule has 7 nitrogen and oxygen atoms in total. The number of hydrogen-bond donors (Lipinski definition) is 3. The summed E-state index contributed by atoms with van der Waals surface area (Å²) in [4.78, 5) is 21.6. The maximum atomic E-state index is 12.0. The highest BCUT2D eigenvalue weighted by atomic mass is 32.2. The molecule has 0 fully saturated rings. The van der Waals surface area contributed by atoms with Gasteiger partial charge >= 0.3 is 5.97 Å². The molecule has 0 bridgehead atoms. The predicted octanol–water partition coefficient (Wildman–Crippen LogP) is -0.217. The highest BCUT2D eigenvalue weighted by Crippen LogP contribution is 2.13. The van der Waals surface area contributed by atoms with E-state index >= 15 is 0 Å². The van der Waals surface area contributed by atoms with Crippen molar-refractivity contribution in [1.82, 2.24) is 10.0 Å². The summed E-state index contributed by atoms with van der Waals surface area (Å²) in [6.45, 7) is 2.48. The number of aryl methyl sites for hydroxylation is 2. The molecule has 0 aliphatic heterocycles. The number of carboxylic acids is 1. The molecule has 1 aromatic rings. The van der Waals surface area contributed by atoms with E-state index in [0.717, 1.165) is 11.1 Å². The smallest absolute Gasteiger partial charge is 0.322 e. The third-order valence-corrected chi connectivity index (χ3v) is 3.75. The molecule has 110 valence electrons. The molecule has 0 aliphatic rings. The van der Waals surface area contributed by atoms with E-state index in [1.165, 1.54) is 12.1 Å². The van der Waals surface area contributed by atoms with Crippen LogP contribution >= 0.6 is 0 Å². The van der Waals surface area contributed by atoms with Gasteiger partial charge in [-0.2, -0.15) is 0 Å². The zero-order chi connectivity index (χ0) is 15.3. The van der Waals surface area contributed by atoms with Gasteiger partial charge in [-0.15, -0.1) is 0 Å². The quantitative estimate of drug-likeness (QED) is 0.672. The maximum Gasteiger partial charge on any atom is 0.322 e. The van der Waals surface area contributed by atoms with Crippen molar-refractivity contribution in [3.63, 3.8) is 0 Å². The number of carbonyl (C=O) groups excluding carboxylic acids is 1. The first kappa shape index (κ1) is 16.1. The van der Waals surface area contributed by atoms with Crippen LogP contribution in [0.4, 0.5) is 0 Å². The molecule has 1 aromatic carbocycles. The van der Waals surface area contributed by atoms with Gasteiger partial charge in [-0.1, -0.05) is 6.07 Å². The number of rotatable bonds is 6. The van der Waals surface area contributed by atoms with E-state index < -0.39 is 35.0 Å². The SMILES string of the molecule is Cc1cc(C)cc(S(=O)(=O)NCC(=O)NCC(=O)O)c1. The molecule has 1 rings (SSSR count). The van der Waals surface area contributed by atoms with Crippen molar-refractivity contribution in [3.8, 4) is 0 Å². The number of sulfonamides is 1. The van der Waals surface area contributed by atoms with Crippen molar-refractivity contribution in [2.24, 2.45) is 0 Å². The molecular formula is C12H16N2O5S. The first-order valence-corrected chi connectivity index (χ1v) is 7.25. The van der Waals surface area contributed by atoms with Gasteiger partial charge in [-0.05, 0) is 37.1 Å². The van der Waals surface area contributed by atoms with Crippen molar-refractivity contribution < 1.29 is 23.1 Å². The Bertz CT molecular complexity index is 604. The second-order valence-corrected chi connectivity index (χ2v) is 6.09. The fourth-order valence-corrected chi connectivity index (χ4v) is 2.74. The molecule has 1 amide bonds. The van der Waals surface area contributed by atoms with Crippen LogP contribution in [0.1, 0.15) is 11.1 Å². The molecule has 20 heavy (non-hydrogen) atoms. The molecule has 0 saturated heterocycles. The summed E-state index contributed by atoms with van der Waals surface area (Å²) in [5.74, 6) is -1.91. The zero-order valence-electron chi connectivity index (χ0n) is 11.1. The molecule has 3 N–H and O–H groups in total. The van der Waals surface area contributed by atoms with E-state index in [1.807, 2.05) is 6.07 Å². The second-order valence-electron chi connectivity index (χ2n) is 4.32. The standard InChI is InChI=1S/C12H16N2O5S/c1-8-3-9(2)5-10(4-8)20(18,19)14-6-11(15)13-7-12(16)17/h3-5,14H,6-7H2,1-2H3,(H,13,15)(H,16,17). The summed E-state index contributed by atoms with van der Waals surface area (Å²) in [6.07, 6.45) is 0. The molecule has 0 radical (unpaired) electrons. The molecule has 0 heterocycles. The van der Waals surface area contributed by atoms with E-state index in [4.69, 9.17) is 5.11 Å². The predicted molar refractivity (Wildman–Crippen MR) is 71.8 cm³/mol. The summed E-state index contributed by atoms with van der Waals surface area (Å²) in [5, 5.41) is 10.4. The van der Waals surface area contributed by atoms with Crippen molar-refractivity contribution in [2.45, 2.75) is 18.7 Å². The highest BCUT2D eigenvalue weighted by molar-refractivity contribution is 7.89. The van der Waals surface area contributed by atoms with Crippen LogP contribution in [-0.2, 0) is 19.6 Å². The van der Waals surface area contributed by atoms with Crippen LogP contribution in [0.5, 0.6) is 0 Å². The first-order valence-electron chi connectivity index (χ1n) is 5.77. The molecule has 0 spiro atoms. The van der Waals surface area contributed by atoms with Crippen LogP contribution in [0.25, 0.3) is 0 Å². The van der Waals surface area contributed by atoms with E-state index in [-0.39, 0.29) is 4.90 Å². The number of hydrogen-bond acceptors (Lipinski definition) is 4. The number of nitrogens with one attached hydrogen (secondary N) is 2. The minimum Gasteiger partial charge on any atom is -0.480 e. The van der Waals surface area contributed by atoms with E-state index in [9.17, 15) is 18.0 Å². The molecule has 0 saturated carbocycles. The topological polar surface area (TPSA) is 113 Å². The fourth-order valence-electron chi connectivity index (χ4n) is 1.57. The van der Waals surface area contributed by atoms with Crippen LogP contribution < -0.4 is 10.0 Å². The van der Waals surface area contributed by atoms with Gasteiger partial charge < -0.3 is 10.4 Å². The monoisotopic (exact) mass is 300 g/mol. The lowest BCUT2D eigenvalue weighted by Crippen LogP contribution is -2.39. The summed E-state index contributed by atoms with van der Waals surface area (Å²) in [6, 6.07) is 4.81. The summed E-state index contributed by atoms with van der Waals surface area (Å²) in [7, 11) is -3.80. The lowest BCUT2D eigenvalue weighted by atomic mass is 10.2. The molecule has 0 unspecified atom stereocenters. The summed E-state index contributed by atoms with van der Waals surface area (Å²) < 4.78 is 26.1. The number of amides is 1. The van der Waals surface area contributed by atoms with Gasteiger partial charge in [0.15, 0.2) is 0 Å². The number of carboxylic acid groups (broad SMARTS) is 1. The van der Waals surface area contributed by atoms with Crippen LogP contribution in [0.15, 0.2) is 23.1 Å². The average Bonchev–Trinajstić information content (AvgIpc) is 2.32. The largest absolute Gasteiger partial charge is 0.480 e. The fraction of sp³-hybridized carbons (Fsp3) is 0.333. The number of aliphatic carboxylic acids is 1. The minimum absolute atomic E-state index is 0.0704. The van der Waals surface area contributed by atoms with Crippen molar-refractivity contribution in [3.05, 3.63) is 29.3 Å². The van der Waals surface area contributed by atoms with Crippen LogP contribution in [0.2, 0.25) is 0 Å². The van der Waals surface area contributed by atoms with Gasteiger partial charge in [-0.25, -0.2) is 13.1 Å². The summed E-state index contributed by atoms with van der Waals surface area (Å²) >= 11 is 0. The Morgan fingerprint density at radius 3 is 2.15 bits per heavy atom. The lowest BCUT2D eigenvalue weighted by Gasteiger charge is -2.08. The van der Waals surface area contributed by atoms with Gasteiger partial charge in [0.05, 0.1) is 11.4 Å². The Morgan fingerprint density at radius 2 is 1.65 bits per heavy atom. The van der Waals surface area contributed by atoms with Gasteiger partial charge in [-0.3, -0.25) is 9.59 Å². The van der Waals surface area contributed by atoms with Gasteiger partial charge in [0.2, 0.25) is 15.9 Å². The van der Waals surface area contributed by atoms with Crippen LogP contribution in [0.3, 0.4) is 0 Å². The second kappa shape index (κ2) is 6.49. The molecule has 8 heteroatoms. The van der Waals surface area contributed by atoms with Crippen molar-refractivity contribution >= 4 is 21.9 Å². The summed E-state index contributed by atoms with van der Waals surface area (Å²) in [5.41, 5.74) is 1.58. The zero-order valence-corrected chi connectivity index (χ0v) is 12.0. The van der Waals surface area contributed by atoms with E-state index in [1.54, 1.807) is 13.8 Å². The van der Waals surface area contributed by atoms with Gasteiger partial charge in [0.1, 0.15) is 6.54 Å². The highest BCUT2D eigenvalue weighted by Gasteiger charge is 2.16. The Hall–Kier alpha value is -1.93. The number of carbonyl (C=O) groups is 2. The van der Waals surface area contributed by atoms with E-state index in [0.29, 0.717) is 0 Å². The lowest BCUT2D eigenvalue weighted by molar-refractivity contribution is -0.137. The number of benzene rings is 1. The Labute approximate surface area is 117 Å². The third-order valence-electron chi connectivity index (χ3n) is 2.37. The van der Waals surface area contributed by atoms with Gasteiger partial charge in [0.25, 0.3) is 0 Å². The average molecular weight is 300 g/mol. The Morgan fingerprint density at radius 1 is 1.10 bits per heavy atom. The first-order chi connectivity index (χ1) is 9.20. The van der Waals surface area contributed by atoms with Gasteiger partial charge in [0, 0.05) is 0 Å². The van der Waals surface area contributed by atoms with E-state index in [2.05, 4.69) is 10.0 Å². The third kappa shape index (κ3) is 4.98. The molecule has 0 aromatic heterocycles. The van der Waals surface area contributed by atoms with Crippen LogP contribution in [0, 0.1) is 13.8 Å². The molecular weight excluding hydrogens is 284 g/mol. The Balaban J connectivity index is 2.70. The maximum absolute atomic E-state index is 12.0. The van der Waals surface area contributed by atoms with Crippen molar-refractivity contribution in [1.29, 1.82) is 0 Å².